The zero-order valence-corrected chi connectivity index (χ0v) is 14.1. The molecular formula is C15H13N3O4S2. The summed E-state index contributed by atoms with van der Waals surface area (Å²) in [6.07, 6.45) is 1.50. The van der Waals surface area contributed by atoms with E-state index in [0.717, 1.165) is 11.3 Å². The summed E-state index contributed by atoms with van der Waals surface area (Å²) in [6, 6.07) is 11.2. The minimum absolute atomic E-state index is 0.167. The Morgan fingerprint density at radius 2 is 1.79 bits per heavy atom. The summed E-state index contributed by atoms with van der Waals surface area (Å²) < 4.78 is 32.5. The molecule has 24 heavy (non-hydrogen) atoms. The number of nitrogens with zero attached hydrogens (tertiary/aromatic N) is 1. The van der Waals surface area contributed by atoms with E-state index in [1.54, 1.807) is 36.4 Å². The summed E-state index contributed by atoms with van der Waals surface area (Å²) in [4.78, 5) is 11.7. The Morgan fingerprint density at radius 3 is 2.42 bits per heavy atom. The number of aromatic nitrogens is 1. The summed E-state index contributed by atoms with van der Waals surface area (Å²) in [5, 5.41) is 6.22. The first-order valence-corrected chi connectivity index (χ1v) is 9.15. The predicted octanol–water partition coefficient (Wildman–Crippen LogP) is 3.16. The van der Waals surface area contributed by atoms with Crippen molar-refractivity contribution < 1.29 is 17.7 Å². The van der Waals surface area contributed by atoms with Crippen molar-refractivity contribution in [3.8, 4) is 10.6 Å². The molecule has 9 heteroatoms. The van der Waals surface area contributed by atoms with E-state index in [1.807, 2.05) is 0 Å². The van der Waals surface area contributed by atoms with E-state index in [2.05, 4.69) is 15.2 Å². The van der Waals surface area contributed by atoms with Gasteiger partial charge in [-0.1, -0.05) is 5.16 Å². The number of nitrogens with one attached hydrogen (secondary N) is 2. The number of sulfonamides is 1. The second-order valence-corrected chi connectivity index (χ2v) is 7.85. The first kappa shape index (κ1) is 16.2. The molecule has 0 unspecified atom stereocenters. The van der Waals surface area contributed by atoms with Gasteiger partial charge in [-0.3, -0.25) is 9.52 Å². The third kappa shape index (κ3) is 3.63. The minimum atomic E-state index is -3.70. The smallest absolute Gasteiger partial charge is 0.271 e. The molecule has 0 atom stereocenters. The fourth-order valence-corrected chi connectivity index (χ4v) is 4.29. The molecule has 0 bridgehead atoms. The Bertz CT molecular complexity index is 945. The highest BCUT2D eigenvalue weighted by Crippen LogP contribution is 2.31. The van der Waals surface area contributed by atoms with Crippen LogP contribution in [0.15, 0.2) is 57.4 Å². The number of hydrogen-bond donors (Lipinski definition) is 2. The Labute approximate surface area is 142 Å². The Hall–Kier alpha value is -2.65. The molecule has 1 amide bonds. The van der Waals surface area contributed by atoms with Crippen LogP contribution in [-0.2, 0) is 14.8 Å². The molecule has 0 fully saturated rings. The van der Waals surface area contributed by atoms with Crippen LogP contribution < -0.4 is 10.0 Å². The number of hydrogen-bond acceptors (Lipinski definition) is 6. The second kappa shape index (κ2) is 6.46. The molecule has 0 saturated carbocycles. The van der Waals surface area contributed by atoms with Gasteiger partial charge < -0.3 is 9.84 Å². The van der Waals surface area contributed by atoms with E-state index in [1.165, 1.54) is 19.2 Å². The molecule has 0 aliphatic rings. The average Bonchev–Trinajstić information content (AvgIpc) is 3.19. The zero-order valence-electron chi connectivity index (χ0n) is 12.5. The van der Waals surface area contributed by atoms with Crippen molar-refractivity contribution in [2.75, 3.05) is 10.0 Å². The van der Waals surface area contributed by atoms with E-state index in [-0.39, 0.29) is 10.1 Å². The molecule has 2 N–H and O–H groups in total. The van der Waals surface area contributed by atoms with Gasteiger partial charge in [0.1, 0.15) is 4.21 Å². The van der Waals surface area contributed by atoms with Gasteiger partial charge in [0.15, 0.2) is 5.76 Å². The third-order valence-electron chi connectivity index (χ3n) is 2.98. The normalized spacial score (nSPS) is 11.2. The number of rotatable bonds is 5. The van der Waals surface area contributed by atoms with Crippen LogP contribution in [0, 0.1) is 0 Å². The lowest BCUT2D eigenvalue weighted by Gasteiger charge is -2.07. The summed E-state index contributed by atoms with van der Waals surface area (Å²) in [6.45, 7) is 1.40. The van der Waals surface area contributed by atoms with Crippen LogP contribution in [0.3, 0.4) is 0 Å². The highest BCUT2D eigenvalue weighted by molar-refractivity contribution is 7.94. The molecule has 0 saturated heterocycles. The highest BCUT2D eigenvalue weighted by atomic mass is 32.2. The Morgan fingerprint density at radius 1 is 1.08 bits per heavy atom. The van der Waals surface area contributed by atoms with Gasteiger partial charge in [-0.15, -0.1) is 11.3 Å². The van der Waals surface area contributed by atoms with Crippen LogP contribution in [0.1, 0.15) is 6.92 Å². The van der Waals surface area contributed by atoms with Crippen molar-refractivity contribution in [2.45, 2.75) is 11.1 Å². The van der Waals surface area contributed by atoms with Gasteiger partial charge in [0.2, 0.25) is 5.91 Å². The topological polar surface area (TPSA) is 101 Å². The molecule has 124 valence electrons. The molecule has 1 aromatic carbocycles. The van der Waals surface area contributed by atoms with Crippen molar-refractivity contribution in [2.24, 2.45) is 0 Å². The molecule has 0 radical (unpaired) electrons. The number of carbonyl (C=O) groups excluding carboxylic acids is 1. The fraction of sp³-hybridized carbons (Fsp3) is 0.0667. The van der Waals surface area contributed by atoms with Crippen LogP contribution in [0.5, 0.6) is 0 Å². The van der Waals surface area contributed by atoms with Crippen LogP contribution in [0.2, 0.25) is 0 Å². The number of benzene rings is 1. The molecule has 0 aliphatic carbocycles. The molecular weight excluding hydrogens is 350 g/mol. The summed E-state index contributed by atoms with van der Waals surface area (Å²) in [5.41, 5.74) is 0.993. The van der Waals surface area contributed by atoms with E-state index < -0.39 is 10.0 Å². The zero-order chi connectivity index (χ0) is 17.2. The molecule has 0 spiro atoms. The molecule has 2 aromatic heterocycles. The van der Waals surface area contributed by atoms with Crippen LogP contribution in [-0.4, -0.2) is 19.5 Å². The molecule has 7 nitrogen and oxygen atoms in total. The maximum absolute atomic E-state index is 12.4. The quantitative estimate of drug-likeness (QED) is 0.725. The van der Waals surface area contributed by atoms with Gasteiger partial charge >= 0.3 is 0 Å². The van der Waals surface area contributed by atoms with Gasteiger partial charge in [0, 0.05) is 24.4 Å². The summed E-state index contributed by atoms with van der Waals surface area (Å²) >= 11 is 1.09. The SMILES string of the molecule is CC(=O)Nc1ccc(NS(=O)(=O)c2ccc(-c3ccno3)s2)cc1. The summed E-state index contributed by atoms with van der Waals surface area (Å²) in [5.74, 6) is 0.322. The molecule has 2 heterocycles. The Balaban J connectivity index is 1.77. The van der Waals surface area contributed by atoms with Crippen molar-refractivity contribution in [1.82, 2.24) is 5.16 Å². The van der Waals surface area contributed by atoms with Crippen LogP contribution in [0.25, 0.3) is 10.6 Å². The molecule has 0 aliphatic heterocycles. The third-order valence-corrected chi connectivity index (χ3v) is 5.96. The van der Waals surface area contributed by atoms with E-state index in [4.69, 9.17) is 4.52 Å². The van der Waals surface area contributed by atoms with Gasteiger partial charge in [-0.05, 0) is 36.4 Å². The maximum atomic E-state index is 12.4. The number of anilines is 2. The van der Waals surface area contributed by atoms with Gasteiger partial charge in [0.05, 0.1) is 11.1 Å². The second-order valence-electron chi connectivity index (χ2n) is 4.86. The highest BCUT2D eigenvalue weighted by Gasteiger charge is 2.18. The fourth-order valence-electron chi connectivity index (χ4n) is 1.97. The maximum Gasteiger partial charge on any atom is 0.271 e. The average molecular weight is 363 g/mol. The lowest BCUT2D eigenvalue weighted by atomic mass is 10.3. The standard InChI is InChI=1S/C15H13N3O4S2/c1-10(19)17-11-2-4-12(5-3-11)18-24(20,21)15-7-6-14(23-15)13-8-9-16-22-13/h2-9,18H,1H3,(H,17,19). The monoisotopic (exact) mass is 363 g/mol. The lowest BCUT2D eigenvalue weighted by Crippen LogP contribution is -2.11. The first-order valence-electron chi connectivity index (χ1n) is 6.85. The van der Waals surface area contributed by atoms with Gasteiger partial charge in [-0.25, -0.2) is 8.42 Å². The van der Waals surface area contributed by atoms with Crippen molar-refractivity contribution in [3.63, 3.8) is 0 Å². The van der Waals surface area contributed by atoms with Crippen molar-refractivity contribution >= 4 is 38.6 Å². The molecule has 3 aromatic rings. The van der Waals surface area contributed by atoms with Crippen molar-refractivity contribution in [1.29, 1.82) is 0 Å². The van der Waals surface area contributed by atoms with Gasteiger partial charge in [-0.2, -0.15) is 0 Å². The lowest BCUT2D eigenvalue weighted by molar-refractivity contribution is -0.114. The first-order chi connectivity index (χ1) is 11.4. The Kier molecular flexibility index (Phi) is 4.36. The minimum Gasteiger partial charge on any atom is -0.355 e. The van der Waals surface area contributed by atoms with E-state index in [0.29, 0.717) is 22.0 Å². The van der Waals surface area contributed by atoms with Gasteiger partial charge in [0.25, 0.3) is 10.0 Å². The van der Waals surface area contributed by atoms with E-state index >= 15 is 0 Å². The van der Waals surface area contributed by atoms with Crippen LogP contribution >= 0.6 is 11.3 Å². The predicted molar refractivity (Wildman–Crippen MR) is 91.4 cm³/mol. The molecule has 3 rings (SSSR count). The number of carbonyl (C=O) groups is 1. The van der Waals surface area contributed by atoms with Crippen LogP contribution in [0.4, 0.5) is 11.4 Å². The number of amides is 1. The largest absolute Gasteiger partial charge is 0.355 e. The van der Waals surface area contributed by atoms with Crippen molar-refractivity contribution in [3.05, 3.63) is 48.7 Å². The van der Waals surface area contributed by atoms with E-state index in [9.17, 15) is 13.2 Å². The number of thiophene rings is 1. The summed E-state index contributed by atoms with van der Waals surface area (Å²) in [7, 11) is -3.70.